The Morgan fingerprint density at radius 3 is 2.89 bits per heavy atom. The van der Waals surface area contributed by atoms with Crippen molar-refractivity contribution in [3.63, 3.8) is 0 Å². The van der Waals surface area contributed by atoms with E-state index in [0.717, 1.165) is 0 Å². The second-order valence-corrected chi connectivity index (χ2v) is 4.68. The number of nitrogens with zero attached hydrogens (tertiary/aromatic N) is 4. The fourth-order valence-electron chi connectivity index (χ4n) is 1.99. The summed E-state index contributed by atoms with van der Waals surface area (Å²) in [5, 5.41) is 4.08. The number of carbonyl (C=O) groups excluding carboxylic acids is 2. The summed E-state index contributed by atoms with van der Waals surface area (Å²) in [4.78, 5) is 28.9. The third kappa shape index (κ3) is 2.26. The number of likely N-dealkylation sites (tertiary alicyclic amines) is 1. The van der Waals surface area contributed by atoms with Crippen molar-refractivity contribution >= 4 is 11.8 Å². The normalized spacial score (nSPS) is 20.9. The number of nitrogens with two attached hydrogens (primary N) is 1. The van der Waals surface area contributed by atoms with Crippen LogP contribution in [0.1, 0.15) is 38.6 Å². The van der Waals surface area contributed by atoms with Crippen LogP contribution >= 0.6 is 0 Å². The molecule has 0 spiro atoms. The van der Waals surface area contributed by atoms with E-state index < -0.39 is 6.04 Å². The van der Waals surface area contributed by atoms with E-state index in [-0.39, 0.29) is 24.4 Å². The number of hydrogen-bond donors (Lipinski definition) is 1. The van der Waals surface area contributed by atoms with Crippen LogP contribution in [0.2, 0.25) is 0 Å². The van der Waals surface area contributed by atoms with Crippen molar-refractivity contribution in [3.8, 4) is 0 Å². The maximum Gasteiger partial charge on any atom is 0.246 e. The van der Waals surface area contributed by atoms with Gasteiger partial charge in [0.25, 0.3) is 0 Å². The SMILES string of the molecule is CC(C)n1ncnc1CN1C(=O)CCC(N)C1=O. The Labute approximate surface area is 105 Å². The Morgan fingerprint density at radius 2 is 2.22 bits per heavy atom. The van der Waals surface area contributed by atoms with Gasteiger partial charge in [0.05, 0.1) is 12.6 Å². The van der Waals surface area contributed by atoms with E-state index in [1.165, 1.54) is 11.2 Å². The molecule has 2 heterocycles. The molecule has 0 saturated carbocycles. The highest BCUT2D eigenvalue weighted by atomic mass is 16.2. The first-order valence-electron chi connectivity index (χ1n) is 5.99. The summed E-state index contributed by atoms with van der Waals surface area (Å²) in [5.41, 5.74) is 5.67. The van der Waals surface area contributed by atoms with Crippen molar-refractivity contribution in [1.82, 2.24) is 19.7 Å². The molecule has 2 rings (SSSR count). The van der Waals surface area contributed by atoms with Crippen LogP contribution in [0.25, 0.3) is 0 Å². The molecule has 2 amide bonds. The third-order valence-electron chi connectivity index (χ3n) is 2.99. The quantitative estimate of drug-likeness (QED) is 0.753. The average molecular weight is 251 g/mol. The van der Waals surface area contributed by atoms with E-state index in [1.54, 1.807) is 4.68 Å². The molecule has 0 aromatic carbocycles. The van der Waals surface area contributed by atoms with Gasteiger partial charge >= 0.3 is 0 Å². The lowest BCUT2D eigenvalue weighted by Gasteiger charge is -2.28. The zero-order valence-electron chi connectivity index (χ0n) is 10.5. The Kier molecular flexibility index (Phi) is 3.42. The molecule has 98 valence electrons. The van der Waals surface area contributed by atoms with Crippen molar-refractivity contribution in [3.05, 3.63) is 12.2 Å². The van der Waals surface area contributed by atoms with Gasteiger partial charge in [-0.15, -0.1) is 0 Å². The van der Waals surface area contributed by atoms with Crippen LogP contribution in [-0.2, 0) is 16.1 Å². The average Bonchev–Trinajstić information content (AvgIpc) is 2.78. The molecular formula is C11H17N5O2. The molecule has 1 atom stereocenters. The zero-order valence-corrected chi connectivity index (χ0v) is 10.5. The van der Waals surface area contributed by atoms with Crippen LogP contribution in [0.4, 0.5) is 0 Å². The van der Waals surface area contributed by atoms with Gasteiger partial charge < -0.3 is 5.73 Å². The lowest BCUT2D eigenvalue weighted by atomic mass is 10.1. The minimum absolute atomic E-state index is 0.131. The number of hydrogen-bond acceptors (Lipinski definition) is 5. The molecular weight excluding hydrogens is 234 g/mol. The summed E-state index contributed by atoms with van der Waals surface area (Å²) < 4.78 is 1.70. The maximum atomic E-state index is 11.9. The van der Waals surface area contributed by atoms with Gasteiger partial charge in [0, 0.05) is 12.5 Å². The van der Waals surface area contributed by atoms with Gasteiger partial charge in [-0.25, -0.2) is 9.67 Å². The van der Waals surface area contributed by atoms with Crippen LogP contribution in [0.3, 0.4) is 0 Å². The van der Waals surface area contributed by atoms with E-state index in [4.69, 9.17) is 5.73 Å². The minimum Gasteiger partial charge on any atom is -0.320 e. The molecule has 0 radical (unpaired) electrons. The summed E-state index contributed by atoms with van der Waals surface area (Å²) in [6.07, 6.45) is 2.15. The number of aromatic nitrogens is 3. The van der Waals surface area contributed by atoms with Crippen molar-refractivity contribution in [2.45, 2.75) is 45.3 Å². The smallest absolute Gasteiger partial charge is 0.246 e. The first kappa shape index (κ1) is 12.7. The summed E-state index contributed by atoms with van der Waals surface area (Å²) in [6.45, 7) is 4.07. The maximum absolute atomic E-state index is 11.9. The first-order chi connectivity index (χ1) is 8.50. The molecule has 1 aliphatic heterocycles. The largest absolute Gasteiger partial charge is 0.320 e. The molecule has 7 nitrogen and oxygen atoms in total. The van der Waals surface area contributed by atoms with Gasteiger partial charge in [0.1, 0.15) is 12.2 Å². The number of carbonyl (C=O) groups is 2. The lowest BCUT2D eigenvalue weighted by molar-refractivity contribution is -0.150. The van der Waals surface area contributed by atoms with Gasteiger partial charge in [-0.2, -0.15) is 5.10 Å². The molecule has 0 aliphatic carbocycles. The predicted octanol–water partition coefficient (Wildman–Crippen LogP) is -0.165. The number of imide groups is 1. The van der Waals surface area contributed by atoms with Crippen molar-refractivity contribution in [2.75, 3.05) is 0 Å². The summed E-state index contributed by atoms with van der Waals surface area (Å²) in [7, 11) is 0. The lowest BCUT2D eigenvalue weighted by Crippen LogP contribution is -2.51. The summed E-state index contributed by atoms with van der Waals surface area (Å²) in [6, 6.07) is -0.454. The van der Waals surface area contributed by atoms with Crippen LogP contribution in [0, 0.1) is 0 Å². The highest BCUT2D eigenvalue weighted by Gasteiger charge is 2.32. The highest BCUT2D eigenvalue weighted by Crippen LogP contribution is 2.15. The van der Waals surface area contributed by atoms with Crippen LogP contribution in [0.15, 0.2) is 6.33 Å². The number of amides is 2. The zero-order chi connectivity index (χ0) is 13.3. The van der Waals surface area contributed by atoms with E-state index in [0.29, 0.717) is 18.7 Å². The monoisotopic (exact) mass is 251 g/mol. The molecule has 1 aromatic heterocycles. The fraction of sp³-hybridized carbons (Fsp3) is 0.636. The van der Waals surface area contributed by atoms with Crippen LogP contribution < -0.4 is 5.73 Å². The van der Waals surface area contributed by atoms with Crippen molar-refractivity contribution in [1.29, 1.82) is 0 Å². The molecule has 18 heavy (non-hydrogen) atoms. The predicted molar refractivity (Wildman–Crippen MR) is 63.2 cm³/mol. The second-order valence-electron chi connectivity index (χ2n) is 4.68. The van der Waals surface area contributed by atoms with Crippen molar-refractivity contribution < 1.29 is 9.59 Å². The second kappa shape index (κ2) is 4.85. The standard InChI is InChI=1S/C11H17N5O2/c1-7(2)16-9(13-6-14-16)5-15-10(17)4-3-8(12)11(15)18/h6-8H,3-5,12H2,1-2H3. The van der Waals surface area contributed by atoms with Gasteiger partial charge in [-0.3, -0.25) is 14.5 Å². The topological polar surface area (TPSA) is 94.1 Å². The third-order valence-corrected chi connectivity index (χ3v) is 2.99. The first-order valence-corrected chi connectivity index (χ1v) is 5.99. The molecule has 1 unspecified atom stereocenters. The van der Waals surface area contributed by atoms with E-state index >= 15 is 0 Å². The molecule has 0 bridgehead atoms. The number of piperidine rings is 1. The molecule has 1 saturated heterocycles. The number of rotatable bonds is 3. The Balaban J connectivity index is 2.19. The van der Waals surface area contributed by atoms with Gasteiger partial charge in [-0.05, 0) is 20.3 Å². The van der Waals surface area contributed by atoms with Gasteiger partial charge in [-0.1, -0.05) is 0 Å². The molecule has 1 aliphatic rings. The molecule has 1 aromatic rings. The van der Waals surface area contributed by atoms with Crippen molar-refractivity contribution in [2.24, 2.45) is 5.73 Å². The Morgan fingerprint density at radius 1 is 1.50 bits per heavy atom. The highest BCUT2D eigenvalue weighted by molar-refractivity contribution is 6.00. The Hall–Kier alpha value is -1.76. The van der Waals surface area contributed by atoms with Crippen LogP contribution in [0.5, 0.6) is 0 Å². The van der Waals surface area contributed by atoms with Gasteiger partial charge in [0.2, 0.25) is 11.8 Å². The van der Waals surface area contributed by atoms with E-state index in [9.17, 15) is 9.59 Å². The van der Waals surface area contributed by atoms with E-state index in [1.807, 2.05) is 13.8 Å². The van der Waals surface area contributed by atoms with Crippen LogP contribution in [-0.4, -0.2) is 37.5 Å². The van der Waals surface area contributed by atoms with Gasteiger partial charge in [0.15, 0.2) is 0 Å². The molecule has 2 N–H and O–H groups in total. The summed E-state index contributed by atoms with van der Waals surface area (Å²) >= 11 is 0. The van der Waals surface area contributed by atoms with E-state index in [2.05, 4.69) is 10.1 Å². The summed E-state index contributed by atoms with van der Waals surface area (Å²) in [5.74, 6) is 0.0744. The molecule has 7 heteroatoms. The Bertz CT molecular complexity index is 468. The fourth-order valence-corrected chi connectivity index (χ4v) is 1.99. The minimum atomic E-state index is -0.585. The molecule has 1 fully saturated rings.